The van der Waals surface area contributed by atoms with Gasteiger partial charge in [-0.1, -0.05) is 0 Å². The normalized spacial score (nSPS) is 51.5. The molecular formula is C8H15FN2. The molecule has 0 aromatic rings. The van der Waals surface area contributed by atoms with Gasteiger partial charge in [0.15, 0.2) is 0 Å². The van der Waals surface area contributed by atoms with Crippen LogP contribution in [0.3, 0.4) is 0 Å². The van der Waals surface area contributed by atoms with Crippen LogP contribution in [0.4, 0.5) is 4.39 Å². The van der Waals surface area contributed by atoms with Crippen molar-refractivity contribution < 1.29 is 4.39 Å². The number of likely N-dealkylation sites (N-methyl/N-ethyl adjacent to an activating group) is 1. The van der Waals surface area contributed by atoms with E-state index in [4.69, 9.17) is 0 Å². The number of nitrogens with zero attached hydrogens (tertiary/aromatic N) is 1. The topological polar surface area (TPSA) is 15.3 Å². The Balaban J connectivity index is 2.13. The molecule has 2 aliphatic rings. The Bertz CT molecular complexity index is 157. The first kappa shape index (κ1) is 7.50. The average Bonchev–Trinajstić information content (AvgIpc) is 2.16. The quantitative estimate of drug-likeness (QED) is 0.548. The molecule has 2 heterocycles. The maximum atomic E-state index is 13.9. The fraction of sp³-hybridized carbons (Fsp3) is 1.00. The second-order valence-electron chi connectivity index (χ2n) is 4.06. The van der Waals surface area contributed by atoms with Crippen molar-refractivity contribution in [2.24, 2.45) is 0 Å². The van der Waals surface area contributed by atoms with E-state index < -0.39 is 5.67 Å². The summed E-state index contributed by atoms with van der Waals surface area (Å²) < 4.78 is 13.9. The van der Waals surface area contributed by atoms with Crippen molar-refractivity contribution in [1.29, 1.82) is 0 Å². The van der Waals surface area contributed by atoms with Crippen LogP contribution in [0.5, 0.6) is 0 Å². The second-order valence-corrected chi connectivity index (χ2v) is 4.06. The van der Waals surface area contributed by atoms with Crippen LogP contribution in [0.1, 0.15) is 13.3 Å². The molecule has 1 N–H and O–H groups in total. The summed E-state index contributed by atoms with van der Waals surface area (Å²) >= 11 is 0. The van der Waals surface area contributed by atoms with Crippen molar-refractivity contribution in [2.45, 2.75) is 31.1 Å². The lowest BCUT2D eigenvalue weighted by Gasteiger charge is -2.16. The summed E-state index contributed by atoms with van der Waals surface area (Å²) in [6, 6.07) is 0.446. The van der Waals surface area contributed by atoms with Gasteiger partial charge in [-0.3, -0.25) is 0 Å². The fourth-order valence-corrected chi connectivity index (χ4v) is 2.42. The maximum Gasteiger partial charge on any atom is 0.141 e. The van der Waals surface area contributed by atoms with Crippen molar-refractivity contribution in [3.63, 3.8) is 0 Å². The van der Waals surface area contributed by atoms with Gasteiger partial charge in [-0.2, -0.15) is 0 Å². The summed E-state index contributed by atoms with van der Waals surface area (Å²) in [5.41, 5.74) is -0.936. The molecule has 3 atom stereocenters. The van der Waals surface area contributed by atoms with Gasteiger partial charge in [-0.05, 0) is 20.4 Å². The highest BCUT2D eigenvalue weighted by molar-refractivity contribution is 5.08. The number of halogens is 1. The highest BCUT2D eigenvalue weighted by Crippen LogP contribution is 2.34. The van der Waals surface area contributed by atoms with E-state index in [-0.39, 0.29) is 6.04 Å². The third-order valence-electron chi connectivity index (χ3n) is 2.78. The smallest absolute Gasteiger partial charge is 0.141 e. The zero-order chi connectivity index (χ0) is 8.06. The fourth-order valence-electron chi connectivity index (χ4n) is 2.42. The van der Waals surface area contributed by atoms with E-state index >= 15 is 0 Å². The van der Waals surface area contributed by atoms with E-state index in [2.05, 4.69) is 17.1 Å². The maximum absolute atomic E-state index is 13.9. The van der Waals surface area contributed by atoms with E-state index in [0.29, 0.717) is 19.0 Å². The highest BCUT2D eigenvalue weighted by atomic mass is 19.1. The van der Waals surface area contributed by atoms with Crippen molar-refractivity contribution in [1.82, 2.24) is 10.2 Å². The summed E-state index contributed by atoms with van der Waals surface area (Å²) in [6.45, 7) is 3.52. The lowest BCUT2D eigenvalue weighted by atomic mass is 9.99. The van der Waals surface area contributed by atoms with E-state index in [1.54, 1.807) is 0 Å². The van der Waals surface area contributed by atoms with Crippen LogP contribution in [0.15, 0.2) is 0 Å². The number of hydrogen-bond donors (Lipinski definition) is 1. The van der Waals surface area contributed by atoms with Gasteiger partial charge in [0.2, 0.25) is 0 Å². The molecule has 2 fully saturated rings. The van der Waals surface area contributed by atoms with Gasteiger partial charge in [0.25, 0.3) is 0 Å². The van der Waals surface area contributed by atoms with Crippen LogP contribution in [-0.2, 0) is 0 Å². The predicted molar refractivity (Wildman–Crippen MR) is 42.3 cm³/mol. The molecule has 0 spiro atoms. The summed E-state index contributed by atoms with van der Waals surface area (Å²) in [5.74, 6) is 0. The molecule has 0 radical (unpaired) electrons. The molecule has 3 heteroatoms. The SMILES string of the molecule is CC1C[C@@]2(F)CN(C)C[C@H]2N1. The minimum absolute atomic E-state index is 0.0856. The summed E-state index contributed by atoms with van der Waals surface area (Å²) in [4.78, 5) is 2.06. The molecule has 0 saturated carbocycles. The summed E-state index contributed by atoms with van der Waals surface area (Å²) in [5, 5.41) is 3.27. The van der Waals surface area contributed by atoms with Crippen LogP contribution in [0.25, 0.3) is 0 Å². The summed E-state index contributed by atoms with van der Waals surface area (Å²) in [6.07, 6.45) is 0.683. The van der Waals surface area contributed by atoms with Crippen LogP contribution in [0.2, 0.25) is 0 Å². The molecule has 1 unspecified atom stereocenters. The molecule has 2 saturated heterocycles. The molecule has 0 aromatic carbocycles. The standard InChI is InChI=1S/C8H15FN2/c1-6-3-8(9)5-11(2)4-7(8)10-6/h6-7,10H,3-5H2,1-2H3/t6?,7-,8-/m1/s1. The Morgan fingerprint density at radius 1 is 1.64 bits per heavy atom. The minimum Gasteiger partial charge on any atom is -0.307 e. The Hall–Kier alpha value is -0.150. The number of alkyl halides is 1. The zero-order valence-electron chi connectivity index (χ0n) is 7.10. The lowest BCUT2D eigenvalue weighted by molar-refractivity contribution is 0.169. The Kier molecular flexibility index (Phi) is 1.48. The molecule has 2 nitrogen and oxygen atoms in total. The Morgan fingerprint density at radius 2 is 2.36 bits per heavy atom. The Morgan fingerprint density at radius 3 is 3.00 bits per heavy atom. The number of hydrogen-bond acceptors (Lipinski definition) is 2. The monoisotopic (exact) mass is 158 g/mol. The minimum atomic E-state index is -0.936. The van der Waals surface area contributed by atoms with Gasteiger partial charge < -0.3 is 10.2 Å². The first-order chi connectivity index (χ1) is 5.10. The molecule has 11 heavy (non-hydrogen) atoms. The summed E-state index contributed by atoms with van der Waals surface area (Å²) in [7, 11) is 1.98. The van der Waals surface area contributed by atoms with E-state index in [1.165, 1.54) is 0 Å². The molecule has 0 amide bonds. The van der Waals surface area contributed by atoms with Crippen molar-refractivity contribution >= 4 is 0 Å². The van der Waals surface area contributed by atoms with Gasteiger partial charge in [-0.25, -0.2) is 4.39 Å². The zero-order valence-corrected chi connectivity index (χ0v) is 7.10. The number of nitrogens with one attached hydrogen (secondary N) is 1. The largest absolute Gasteiger partial charge is 0.307 e. The van der Waals surface area contributed by atoms with Gasteiger partial charge in [-0.15, -0.1) is 0 Å². The first-order valence-electron chi connectivity index (χ1n) is 4.24. The molecular weight excluding hydrogens is 143 g/mol. The van der Waals surface area contributed by atoms with Crippen LogP contribution in [0, 0.1) is 0 Å². The van der Waals surface area contributed by atoms with Crippen molar-refractivity contribution in [2.75, 3.05) is 20.1 Å². The predicted octanol–water partition coefficient (Wildman–Crippen LogP) is 0.391. The van der Waals surface area contributed by atoms with E-state index in [9.17, 15) is 4.39 Å². The molecule has 0 bridgehead atoms. The molecule has 64 valence electrons. The number of likely N-dealkylation sites (tertiary alicyclic amines) is 1. The van der Waals surface area contributed by atoms with Crippen LogP contribution in [-0.4, -0.2) is 42.8 Å². The first-order valence-corrected chi connectivity index (χ1v) is 4.24. The van der Waals surface area contributed by atoms with Gasteiger partial charge in [0.1, 0.15) is 5.67 Å². The number of rotatable bonds is 0. The lowest BCUT2D eigenvalue weighted by Crippen LogP contribution is -2.37. The van der Waals surface area contributed by atoms with Crippen LogP contribution >= 0.6 is 0 Å². The van der Waals surface area contributed by atoms with Gasteiger partial charge in [0, 0.05) is 19.1 Å². The highest BCUT2D eigenvalue weighted by Gasteiger charge is 2.51. The average molecular weight is 158 g/mol. The van der Waals surface area contributed by atoms with Crippen molar-refractivity contribution in [3.8, 4) is 0 Å². The second kappa shape index (κ2) is 2.17. The van der Waals surface area contributed by atoms with Gasteiger partial charge in [0.05, 0.1) is 6.04 Å². The van der Waals surface area contributed by atoms with Gasteiger partial charge >= 0.3 is 0 Å². The van der Waals surface area contributed by atoms with E-state index in [0.717, 1.165) is 6.54 Å². The third-order valence-corrected chi connectivity index (χ3v) is 2.78. The van der Waals surface area contributed by atoms with Crippen molar-refractivity contribution in [3.05, 3.63) is 0 Å². The number of fused-ring (bicyclic) bond motifs is 1. The Labute approximate surface area is 66.8 Å². The van der Waals surface area contributed by atoms with E-state index in [1.807, 2.05) is 7.05 Å². The molecule has 2 aliphatic heterocycles. The molecule has 0 aliphatic carbocycles. The molecule has 2 rings (SSSR count). The van der Waals surface area contributed by atoms with Crippen LogP contribution < -0.4 is 5.32 Å². The molecule has 0 aromatic heterocycles. The third kappa shape index (κ3) is 1.07.